The summed E-state index contributed by atoms with van der Waals surface area (Å²) in [7, 11) is 0. The molecular weight excluding hydrogens is 466 g/mol. The minimum atomic E-state index is 0.124. The summed E-state index contributed by atoms with van der Waals surface area (Å²) in [6.45, 7) is 2.24. The van der Waals surface area contributed by atoms with E-state index in [1.165, 1.54) is 55.9 Å². The van der Waals surface area contributed by atoms with E-state index in [-0.39, 0.29) is 11.9 Å². The van der Waals surface area contributed by atoms with Gasteiger partial charge in [0, 0.05) is 16.8 Å². The summed E-state index contributed by atoms with van der Waals surface area (Å²) < 4.78 is 1.79. The van der Waals surface area contributed by atoms with Crippen molar-refractivity contribution in [1.82, 2.24) is 15.5 Å². The van der Waals surface area contributed by atoms with Gasteiger partial charge in [-0.3, -0.25) is 4.79 Å². The molecule has 1 atom stereocenters. The second kappa shape index (κ2) is 9.24. The molecule has 0 spiro atoms. The van der Waals surface area contributed by atoms with Gasteiger partial charge in [0.1, 0.15) is 0 Å². The van der Waals surface area contributed by atoms with Crippen molar-refractivity contribution in [3.8, 4) is 0 Å². The zero-order chi connectivity index (χ0) is 21.4. The number of amides is 1. The topological polar surface area (TPSA) is 54.9 Å². The van der Waals surface area contributed by atoms with E-state index in [9.17, 15) is 4.79 Å². The summed E-state index contributed by atoms with van der Waals surface area (Å²) in [4.78, 5) is 12.7. The van der Waals surface area contributed by atoms with Gasteiger partial charge in [-0.1, -0.05) is 58.6 Å². The van der Waals surface area contributed by atoms with E-state index >= 15 is 0 Å². The largest absolute Gasteiger partial charge is 0.352 e. The summed E-state index contributed by atoms with van der Waals surface area (Å²) in [5.74, 6) is 4.09. The average Bonchev–Trinajstić information content (AvgIpc) is 3.19. The fourth-order valence-corrected chi connectivity index (χ4v) is 9.22. The fourth-order valence-electron chi connectivity index (χ4n) is 6.31. The smallest absolute Gasteiger partial charge is 0.230 e. The maximum Gasteiger partial charge on any atom is 0.230 e. The van der Waals surface area contributed by atoms with Crippen molar-refractivity contribution >= 4 is 52.4 Å². The van der Waals surface area contributed by atoms with Crippen LogP contribution in [0.15, 0.2) is 32.9 Å². The Labute approximate surface area is 201 Å². The lowest BCUT2D eigenvalue weighted by Gasteiger charge is -2.59. The molecule has 1 aromatic carbocycles. The van der Waals surface area contributed by atoms with Crippen LogP contribution < -0.4 is 5.32 Å². The molecule has 31 heavy (non-hydrogen) atoms. The van der Waals surface area contributed by atoms with Gasteiger partial charge in [0.05, 0.1) is 5.75 Å². The van der Waals surface area contributed by atoms with Gasteiger partial charge in [0.15, 0.2) is 8.68 Å². The van der Waals surface area contributed by atoms with Crippen molar-refractivity contribution < 1.29 is 4.79 Å². The lowest BCUT2D eigenvalue weighted by molar-refractivity contribution is -0.123. The van der Waals surface area contributed by atoms with Crippen LogP contribution in [0.1, 0.15) is 51.0 Å². The molecule has 0 radical (unpaired) electrons. The predicted molar refractivity (Wildman–Crippen MR) is 130 cm³/mol. The third-order valence-corrected chi connectivity index (χ3v) is 10.9. The third-order valence-electron chi connectivity index (χ3n) is 7.37. The van der Waals surface area contributed by atoms with Gasteiger partial charge >= 0.3 is 0 Å². The van der Waals surface area contributed by atoms with E-state index in [0.29, 0.717) is 11.2 Å². The molecule has 2 aromatic rings. The second-order valence-corrected chi connectivity index (χ2v) is 13.5. The number of nitrogens with zero attached hydrogens (tertiary/aromatic N) is 2. The Morgan fingerprint density at radius 3 is 2.29 bits per heavy atom. The molecule has 1 N–H and O–H groups in total. The fraction of sp³-hybridized carbons (Fsp3) is 0.609. The molecule has 0 aliphatic heterocycles. The first kappa shape index (κ1) is 22.1. The number of hydrogen-bond acceptors (Lipinski definition) is 6. The highest BCUT2D eigenvalue weighted by molar-refractivity contribution is 8.03. The first-order valence-corrected chi connectivity index (χ1v) is 14.3. The Balaban J connectivity index is 1.09. The van der Waals surface area contributed by atoms with Gasteiger partial charge in [-0.25, -0.2) is 0 Å². The number of nitrogens with one attached hydrogen (secondary N) is 1. The molecular formula is C23H28ClN3OS3. The molecule has 166 valence electrons. The van der Waals surface area contributed by atoms with Crippen molar-refractivity contribution in [3.05, 3.63) is 34.9 Å². The summed E-state index contributed by atoms with van der Waals surface area (Å²) >= 11 is 10.7. The minimum Gasteiger partial charge on any atom is -0.352 e. The predicted octanol–water partition coefficient (Wildman–Crippen LogP) is 6.30. The zero-order valence-corrected chi connectivity index (χ0v) is 20.9. The Kier molecular flexibility index (Phi) is 6.57. The number of hydrogen-bond donors (Lipinski definition) is 1. The van der Waals surface area contributed by atoms with Crippen LogP contribution in [-0.2, 0) is 10.5 Å². The van der Waals surface area contributed by atoms with Gasteiger partial charge in [0.25, 0.3) is 0 Å². The van der Waals surface area contributed by atoms with Gasteiger partial charge in [0.2, 0.25) is 5.91 Å². The number of carbonyl (C=O) groups is 1. The number of rotatable bonds is 8. The first-order valence-electron chi connectivity index (χ1n) is 11.1. The van der Waals surface area contributed by atoms with Crippen molar-refractivity contribution in [2.45, 2.75) is 65.9 Å². The van der Waals surface area contributed by atoms with E-state index in [0.717, 1.165) is 37.2 Å². The molecule has 0 saturated heterocycles. The highest BCUT2D eigenvalue weighted by Crippen LogP contribution is 2.61. The van der Waals surface area contributed by atoms with Gasteiger partial charge in [-0.2, -0.15) is 0 Å². The Morgan fingerprint density at radius 2 is 1.68 bits per heavy atom. The van der Waals surface area contributed by atoms with Crippen molar-refractivity contribution in [2.24, 2.45) is 23.2 Å². The summed E-state index contributed by atoms with van der Waals surface area (Å²) in [6, 6.07) is 8.14. The second-order valence-electron chi connectivity index (χ2n) is 9.61. The number of aromatic nitrogens is 2. The normalized spacial score (nSPS) is 29.8. The molecule has 1 aromatic heterocycles. The number of halogens is 1. The number of benzene rings is 1. The van der Waals surface area contributed by atoms with Crippen molar-refractivity contribution in [1.29, 1.82) is 0 Å². The minimum absolute atomic E-state index is 0.124. The maximum atomic E-state index is 12.7. The molecule has 4 aliphatic rings. The van der Waals surface area contributed by atoms with Crippen LogP contribution in [0.4, 0.5) is 0 Å². The third kappa shape index (κ3) is 5.10. The lowest BCUT2D eigenvalue weighted by Crippen LogP contribution is -2.56. The van der Waals surface area contributed by atoms with Crippen molar-refractivity contribution in [2.75, 3.05) is 5.75 Å². The molecule has 4 fully saturated rings. The first-order chi connectivity index (χ1) is 15.0. The summed E-state index contributed by atoms with van der Waals surface area (Å²) in [5, 5.41) is 12.6. The van der Waals surface area contributed by atoms with Crippen molar-refractivity contribution in [3.63, 3.8) is 0 Å². The quantitative estimate of drug-likeness (QED) is 0.437. The molecule has 4 nitrogen and oxygen atoms in total. The molecule has 8 heteroatoms. The SMILES string of the molecule is CC(NC(=O)CSc1nnc(SCc2ccc(Cl)cc2)s1)C12CC3CC(CC(C3)C1)C2. The van der Waals surface area contributed by atoms with Crippen LogP contribution in [0.5, 0.6) is 0 Å². The van der Waals surface area contributed by atoms with E-state index in [2.05, 4.69) is 22.4 Å². The highest BCUT2D eigenvalue weighted by Gasteiger charge is 2.53. The van der Waals surface area contributed by atoms with Gasteiger partial charge in [-0.15, -0.1) is 10.2 Å². The summed E-state index contributed by atoms with van der Waals surface area (Å²) in [6.07, 6.45) is 8.26. The lowest BCUT2D eigenvalue weighted by atomic mass is 9.48. The zero-order valence-electron chi connectivity index (χ0n) is 17.7. The van der Waals surface area contributed by atoms with E-state index in [1.54, 1.807) is 23.1 Å². The van der Waals surface area contributed by atoms with Crippen LogP contribution in [0.2, 0.25) is 5.02 Å². The number of carbonyl (C=O) groups excluding carboxylic acids is 1. The molecule has 4 bridgehead atoms. The maximum absolute atomic E-state index is 12.7. The molecule has 4 aliphatic carbocycles. The van der Waals surface area contributed by atoms with Crippen LogP contribution in [0, 0.1) is 23.2 Å². The molecule has 4 saturated carbocycles. The molecule has 1 unspecified atom stereocenters. The Hall–Kier alpha value is -0.760. The average molecular weight is 494 g/mol. The molecule has 6 rings (SSSR count). The van der Waals surface area contributed by atoms with E-state index in [1.807, 2.05) is 24.3 Å². The molecule has 1 amide bonds. The highest BCUT2D eigenvalue weighted by atomic mass is 35.5. The number of thioether (sulfide) groups is 2. The molecule has 1 heterocycles. The van der Waals surface area contributed by atoms with Crippen LogP contribution in [0.3, 0.4) is 0 Å². The Bertz CT molecular complexity index is 897. The Morgan fingerprint density at radius 1 is 1.10 bits per heavy atom. The van der Waals surface area contributed by atoms with Gasteiger partial charge < -0.3 is 5.32 Å². The monoisotopic (exact) mass is 493 g/mol. The van der Waals surface area contributed by atoms with Crippen LogP contribution in [-0.4, -0.2) is 27.9 Å². The van der Waals surface area contributed by atoms with Crippen LogP contribution >= 0.6 is 46.5 Å². The van der Waals surface area contributed by atoms with Crippen LogP contribution in [0.25, 0.3) is 0 Å². The van der Waals surface area contributed by atoms with E-state index < -0.39 is 0 Å². The summed E-state index contributed by atoms with van der Waals surface area (Å²) in [5.41, 5.74) is 1.56. The standard InChI is InChI=1S/C23H28ClN3OS3/c1-14(23-9-16-6-17(10-23)8-18(7-16)11-23)25-20(28)13-30-22-27-26-21(31-22)29-12-15-2-4-19(24)5-3-15/h2-5,14,16-18H,6-13H2,1H3,(H,25,28). The van der Waals surface area contributed by atoms with Gasteiger partial charge in [-0.05, 0) is 86.3 Å². The van der Waals surface area contributed by atoms with E-state index in [4.69, 9.17) is 11.6 Å².